The fraction of sp³-hybridized carbons (Fsp3) is 0.462. The first-order chi connectivity index (χ1) is 9.43. The monoisotopic (exact) mass is 288 g/mol. The van der Waals surface area contributed by atoms with Crippen molar-refractivity contribution in [2.24, 2.45) is 0 Å². The summed E-state index contributed by atoms with van der Waals surface area (Å²) < 4.78 is 43.6. The normalized spacial score (nSPS) is 22.7. The maximum absolute atomic E-state index is 13.7. The lowest BCUT2D eigenvalue weighted by Crippen LogP contribution is -2.34. The third kappa shape index (κ3) is 2.72. The lowest BCUT2D eigenvalue weighted by atomic mass is 10.1. The predicted molar refractivity (Wildman–Crippen MR) is 66.0 cm³/mol. The summed E-state index contributed by atoms with van der Waals surface area (Å²) in [6.07, 6.45) is -3.40. The molecule has 4 nitrogen and oxygen atoms in total. The van der Waals surface area contributed by atoms with Crippen molar-refractivity contribution < 1.29 is 22.7 Å². The molecule has 0 aromatic heterocycles. The zero-order valence-electron chi connectivity index (χ0n) is 11.1. The van der Waals surface area contributed by atoms with Crippen LogP contribution in [0.3, 0.4) is 0 Å². The molecule has 1 aromatic carbocycles. The molecule has 0 bridgehead atoms. The molecule has 1 fully saturated rings. The third-order valence-corrected chi connectivity index (χ3v) is 3.20. The maximum Gasteiger partial charge on any atom is 0.255 e. The van der Waals surface area contributed by atoms with Crippen LogP contribution in [-0.4, -0.2) is 36.9 Å². The van der Waals surface area contributed by atoms with Gasteiger partial charge in [0, 0.05) is 0 Å². The number of hydrogen-bond acceptors (Lipinski definition) is 3. The molecule has 7 heteroatoms. The molecule has 0 saturated carbocycles. The van der Waals surface area contributed by atoms with E-state index in [-0.39, 0.29) is 5.75 Å². The van der Waals surface area contributed by atoms with E-state index < -0.39 is 36.9 Å². The van der Waals surface area contributed by atoms with E-state index in [0.717, 1.165) is 4.90 Å². The average molecular weight is 288 g/mol. The highest BCUT2D eigenvalue weighted by atomic mass is 19.3. The molecule has 2 rings (SSSR count). The van der Waals surface area contributed by atoms with Crippen LogP contribution < -0.4 is 10.1 Å². The highest BCUT2D eigenvalue weighted by Crippen LogP contribution is 2.29. The Morgan fingerprint density at radius 2 is 2.15 bits per heavy atom. The average Bonchev–Trinajstić information content (AvgIpc) is 2.66. The van der Waals surface area contributed by atoms with Crippen molar-refractivity contribution in [3.8, 4) is 5.75 Å². The molecule has 1 aromatic rings. The van der Waals surface area contributed by atoms with Crippen LogP contribution in [0.1, 0.15) is 18.7 Å². The minimum absolute atomic E-state index is 0.0616. The Balaban J connectivity index is 2.29. The van der Waals surface area contributed by atoms with E-state index in [1.54, 1.807) is 13.0 Å². The summed E-state index contributed by atoms with van der Waals surface area (Å²) in [6, 6.07) is 3.55. The SMILES string of the molecule is COc1ccc(C2NC(C)C(=O)N2CC(F)F)cc1F. The second-order valence-electron chi connectivity index (χ2n) is 4.57. The van der Waals surface area contributed by atoms with Crippen molar-refractivity contribution in [3.63, 3.8) is 0 Å². The van der Waals surface area contributed by atoms with Crippen LogP contribution in [-0.2, 0) is 4.79 Å². The largest absolute Gasteiger partial charge is 0.494 e. The van der Waals surface area contributed by atoms with Crippen LogP contribution in [0, 0.1) is 5.82 Å². The fourth-order valence-corrected chi connectivity index (χ4v) is 2.25. The number of nitrogens with one attached hydrogen (secondary N) is 1. The first-order valence-corrected chi connectivity index (χ1v) is 6.12. The van der Waals surface area contributed by atoms with Crippen LogP contribution in [0.2, 0.25) is 0 Å². The molecule has 1 aliphatic rings. The minimum atomic E-state index is -2.64. The molecule has 0 aliphatic carbocycles. The Hall–Kier alpha value is -1.76. The van der Waals surface area contributed by atoms with E-state index >= 15 is 0 Å². The summed E-state index contributed by atoms with van der Waals surface area (Å²) in [4.78, 5) is 12.9. The van der Waals surface area contributed by atoms with Gasteiger partial charge in [-0.05, 0) is 24.6 Å². The number of hydrogen-bond donors (Lipinski definition) is 1. The Bertz CT molecular complexity index is 510. The van der Waals surface area contributed by atoms with Crippen molar-refractivity contribution in [1.82, 2.24) is 10.2 Å². The van der Waals surface area contributed by atoms with Gasteiger partial charge in [-0.15, -0.1) is 0 Å². The quantitative estimate of drug-likeness (QED) is 0.920. The van der Waals surface area contributed by atoms with Crippen LogP contribution >= 0.6 is 0 Å². The molecule has 0 radical (unpaired) electrons. The van der Waals surface area contributed by atoms with Gasteiger partial charge in [-0.3, -0.25) is 10.1 Å². The van der Waals surface area contributed by atoms with Gasteiger partial charge in [0.2, 0.25) is 5.91 Å². The van der Waals surface area contributed by atoms with E-state index in [4.69, 9.17) is 4.74 Å². The number of carbonyl (C=O) groups excluding carboxylic acids is 1. The van der Waals surface area contributed by atoms with Crippen LogP contribution in [0.15, 0.2) is 18.2 Å². The lowest BCUT2D eigenvalue weighted by molar-refractivity contribution is -0.131. The van der Waals surface area contributed by atoms with Gasteiger partial charge in [0.15, 0.2) is 11.6 Å². The Labute approximate surface area is 114 Å². The Morgan fingerprint density at radius 3 is 2.70 bits per heavy atom. The van der Waals surface area contributed by atoms with E-state index in [1.807, 2.05) is 0 Å². The highest BCUT2D eigenvalue weighted by molar-refractivity contribution is 5.84. The van der Waals surface area contributed by atoms with Crippen molar-refractivity contribution >= 4 is 5.91 Å². The number of methoxy groups -OCH3 is 1. The van der Waals surface area contributed by atoms with Crippen molar-refractivity contribution in [2.75, 3.05) is 13.7 Å². The van der Waals surface area contributed by atoms with Gasteiger partial charge in [-0.25, -0.2) is 13.2 Å². The smallest absolute Gasteiger partial charge is 0.255 e. The molecular formula is C13H15F3N2O2. The number of alkyl halides is 2. The molecular weight excluding hydrogens is 273 g/mol. The molecule has 2 atom stereocenters. The number of ether oxygens (including phenoxy) is 1. The summed E-state index contributed by atoms with van der Waals surface area (Å²) in [7, 11) is 1.33. The van der Waals surface area contributed by atoms with E-state index in [0.29, 0.717) is 5.56 Å². The molecule has 2 unspecified atom stereocenters. The molecule has 1 heterocycles. The van der Waals surface area contributed by atoms with Crippen molar-refractivity contribution in [2.45, 2.75) is 25.6 Å². The number of rotatable bonds is 4. The standard InChI is InChI=1S/C13H15F3N2O2/c1-7-13(19)18(6-11(15)16)12(17-7)8-3-4-10(20-2)9(14)5-8/h3-5,7,11-12,17H,6H2,1-2H3. The van der Waals surface area contributed by atoms with Crippen LogP contribution in [0.25, 0.3) is 0 Å². The zero-order valence-corrected chi connectivity index (χ0v) is 11.1. The van der Waals surface area contributed by atoms with E-state index in [1.165, 1.54) is 19.2 Å². The van der Waals surface area contributed by atoms with Gasteiger partial charge < -0.3 is 9.64 Å². The summed E-state index contributed by atoms with van der Waals surface area (Å²) in [6.45, 7) is 0.898. The number of halogens is 3. The topological polar surface area (TPSA) is 41.6 Å². The molecule has 1 aliphatic heterocycles. The maximum atomic E-state index is 13.7. The first kappa shape index (κ1) is 14.6. The number of carbonyl (C=O) groups is 1. The van der Waals surface area contributed by atoms with Crippen LogP contribution in [0.4, 0.5) is 13.2 Å². The van der Waals surface area contributed by atoms with Gasteiger partial charge in [-0.2, -0.15) is 0 Å². The highest BCUT2D eigenvalue weighted by Gasteiger charge is 2.38. The number of nitrogens with zero attached hydrogens (tertiary/aromatic N) is 1. The zero-order chi connectivity index (χ0) is 14.9. The third-order valence-electron chi connectivity index (χ3n) is 3.20. The lowest BCUT2D eigenvalue weighted by Gasteiger charge is -2.24. The molecule has 110 valence electrons. The Morgan fingerprint density at radius 1 is 1.45 bits per heavy atom. The predicted octanol–water partition coefficient (Wildman–Crippen LogP) is 1.92. The van der Waals surface area contributed by atoms with Gasteiger partial charge in [0.1, 0.15) is 6.17 Å². The Kier molecular flexibility index (Phi) is 4.17. The molecule has 20 heavy (non-hydrogen) atoms. The van der Waals surface area contributed by atoms with Crippen LogP contribution in [0.5, 0.6) is 5.75 Å². The summed E-state index contributed by atoms with van der Waals surface area (Å²) in [5.41, 5.74) is 0.404. The fourth-order valence-electron chi connectivity index (χ4n) is 2.25. The van der Waals surface area contributed by atoms with E-state index in [9.17, 15) is 18.0 Å². The minimum Gasteiger partial charge on any atom is -0.494 e. The molecule has 0 spiro atoms. The molecule has 1 N–H and O–H groups in total. The van der Waals surface area contributed by atoms with Gasteiger partial charge in [0.05, 0.1) is 19.7 Å². The second-order valence-corrected chi connectivity index (χ2v) is 4.57. The molecule has 1 saturated heterocycles. The molecule has 1 amide bonds. The summed E-state index contributed by atoms with van der Waals surface area (Å²) in [5.74, 6) is -0.964. The number of amides is 1. The first-order valence-electron chi connectivity index (χ1n) is 6.12. The van der Waals surface area contributed by atoms with Crippen molar-refractivity contribution in [1.29, 1.82) is 0 Å². The van der Waals surface area contributed by atoms with Crippen molar-refractivity contribution in [3.05, 3.63) is 29.6 Å². The summed E-state index contributed by atoms with van der Waals surface area (Å²) >= 11 is 0. The number of benzene rings is 1. The summed E-state index contributed by atoms with van der Waals surface area (Å²) in [5, 5.41) is 2.88. The van der Waals surface area contributed by atoms with E-state index in [2.05, 4.69) is 5.32 Å². The van der Waals surface area contributed by atoms with Gasteiger partial charge in [-0.1, -0.05) is 6.07 Å². The van der Waals surface area contributed by atoms with Gasteiger partial charge in [0.25, 0.3) is 6.43 Å². The van der Waals surface area contributed by atoms with Gasteiger partial charge >= 0.3 is 0 Å². The second kappa shape index (κ2) is 5.70.